The summed E-state index contributed by atoms with van der Waals surface area (Å²) in [4.78, 5) is 0. The standard InChI is InChI=1S/C15H21N3O/c1-4-12(2)18-9-8-15(17-18)16-11-13-6-5-7-14(10-13)19-3/h5-10,12H,4,11H2,1-3H3,(H,16,17). The summed E-state index contributed by atoms with van der Waals surface area (Å²) in [6.45, 7) is 5.07. The Morgan fingerprint density at radius 2 is 2.21 bits per heavy atom. The van der Waals surface area contributed by atoms with Crippen molar-refractivity contribution in [3.63, 3.8) is 0 Å². The molecule has 1 heterocycles. The van der Waals surface area contributed by atoms with Crippen LogP contribution in [0.4, 0.5) is 5.82 Å². The molecule has 0 aliphatic heterocycles. The Kier molecular flexibility index (Phi) is 4.44. The van der Waals surface area contributed by atoms with Gasteiger partial charge < -0.3 is 10.1 Å². The molecular formula is C15H21N3O. The number of hydrogen-bond donors (Lipinski definition) is 1. The van der Waals surface area contributed by atoms with E-state index in [2.05, 4.69) is 30.3 Å². The van der Waals surface area contributed by atoms with Crippen molar-refractivity contribution in [1.29, 1.82) is 0 Å². The zero-order valence-corrected chi connectivity index (χ0v) is 11.8. The van der Waals surface area contributed by atoms with Gasteiger partial charge in [-0.25, -0.2) is 0 Å². The molecule has 0 radical (unpaired) electrons. The van der Waals surface area contributed by atoms with Crippen molar-refractivity contribution in [2.24, 2.45) is 0 Å². The number of ether oxygens (including phenoxy) is 1. The summed E-state index contributed by atoms with van der Waals surface area (Å²) >= 11 is 0. The fraction of sp³-hybridized carbons (Fsp3) is 0.400. The highest BCUT2D eigenvalue weighted by molar-refractivity contribution is 5.36. The van der Waals surface area contributed by atoms with E-state index in [4.69, 9.17) is 4.74 Å². The largest absolute Gasteiger partial charge is 0.497 e. The number of anilines is 1. The number of nitrogens with zero attached hydrogens (tertiary/aromatic N) is 2. The second-order valence-corrected chi connectivity index (χ2v) is 4.64. The first-order valence-electron chi connectivity index (χ1n) is 6.65. The second-order valence-electron chi connectivity index (χ2n) is 4.64. The first kappa shape index (κ1) is 13.5. The SMILES string of the molecule is CCC(C)n1ccc(NCc2cccc(OC)c2)n1. The maximum Gasteiger partial charge on any atom is 0.148 e. The van der Waals surface area contributed by atoms with E-state index in [1.54, 1.807) is 7.11 Å². The summed E-state index contributed by atoms with van der Waals surface area (Å²) in [6, 6.07) is 10.5. The molecule has 19 heavy (non-hydrogen) atoms. The van der Waals surface area contributed by atoms with Crippen molar-refractivity contribution in [2.75, 3.05) is 12.4 Å². The minimum atomic E-state index is 0.437. The van der Waals surface area contributed by atoms with Crippen molar-refractivity contribution in [2.45, 2.75) is 32.9 Å². The summed E-state index contributed by atoms with van der Waals surface area (Å²) in [5, 5.41) is 7.84. The molecule has 0 aliphatic carbocycles. The van der Waals surface area contributed by atoms with E-state index in [-0.39, 0.29) is 0 Å². The summed E-state index contributed by atoms with van der Waals surface area (Å²) in [5.74, 6) is 1.78. The van der Waals surface area contributed by atoms with Gasteiger partial charge in [-0.15, -0.1) is 0 Å². The average molecular weight is 259 g/mol. The number of aromatic nitrogens is 2. The van der Waals surface area contributed by atoms with Gasteiger partial charge in [-0.2, -0.15) is 5.10 Å². The second kappa shape index (κ2) is 6.27. The zero-order valence-electron chi connectivity index (χ0n) is 11.8. The van der Waals surface area contributed by atoms with Gasteiger partial charge in [-0.05, 0) is 31.0 Å². The molecule has 1 N–H and O–H groups in total. The van der Waals surface area contributed by atoms with E-state index in [9.17, 15) is 0 Å². The zero-order chi connectivity index (χ0) is 13.7. The molecule has 4 nitrogen and oxygen atoms in total. The van der Waals surface area contributed by atoms with E-state index < -0.39 is 0 Å². The van der Waals surface area contributed by atoms with Gasteiger partial charge >= 0.3 is 0 Å². The first-order valence-corrected chi connectivity index (χ1v) is 6.65. The lowest BCUT2D eigenvalue weighted by Crippen LogP contribution is -2.06. The predicted octanol–water partition coefficient (Wildman–Crippen LogP) is 3.47. The maximum atomic E-state index is 5.21. The van der Waals surface area contributed by atoms with Crippen LogP contribution in [0.5, 0.6) is 5.75 Å². The van der Waals surface area contributed by atoms with Crippen molar-refractivity contribution in [3.05, 3.63) is 42.1 Å². The van der Waals surface area contributed by atoms with Crippen molar-refractivity contribution >= 4 is 5.82 Å². The lowest BCUT2D eigenvalue weighted by molar-refractivity contribution is 0.414. The third kappa shape index (κ3) is 3.50. The molecule has 1 aromatic heterocycles. The van der Waals surface area contributed by atoms with Gasteiger partial charge in [-0.1, -0.05) is 19.1 Å². The monoisotopic (exact) mass is 259 g/mol. The first-order chi connectivity index (χ1) is 9.22. The Labute approximate surface area is 114 Å². The van der Waals surface area contributed by atoms with Gasteiger partial charge in [0.1, 0.15) is 11.6 Å². The minimum absolute atomic E-state index is 0.437. The molecule has 1 atom stereocenters. The molecule has 0 fully saturated rings. The van der Waals surface area contributed by atoms with Crippen molar-refractivity contribution < 1.29 is 4.74 Å². The molecule has 0 spiro atoms. The highest BCUT2D eigenvalue weighted by Gasteiger charge is 2.04. The molecular weight excluding hydrogens is 238 g/mol. The van der Waals surface area contributed by atoms with Crippen LogP contribution in [-0.4, -0.2) is 16.9 Å². The number of rotatable bonds is 6. The van der Waals surface area contributed by atoms with Crippen molar-refractivity contribution in [3.8, 4) is 5.75 Å². The van der Waals surface area contributed by atoms with Gasteiger partial charge in [0, 0.05) is 24.8 Å². The summed E-state index contributed by atoms with van der Waals surface area (Å²) in [7, 11) is 1.68. The van der Waals surface area contributed by atoms with Crippen LogP contribution in [0.25, 0.3) is 0 Å². The van der Waals surface area contributed by atoms with Gasteiger partial charge in [-0.3, -0.25) is 4.68 Å². The molecule has 2 rings (SSSR count). The fourth-order valence-corrected chi connectivity index (χ4v) is 1.84. The molecule has 0 amide bonds. The molecule has 0 saturated heterocycles. The fourth-order valence-electron chi connectivity index (χ4n) is 1.84. The number of methoxy groups -OCH3 is 1. The predicted molar refractivity (Wildman–Crippen MR) is 77.5 cm³/mol. The van der Waals surface area contributed by atoms with Crippen LogP contribution in [0.1, 0.15) is 31.9 Å². The molecule has 4 heteroatoms. The van der Waals surface area contributed by atoms with E-state index in [0.717, 1.165) is 24.5 Å². The maximum absolute atomic E-state index is 5.21. The number of hydrogen-bond acceptors (Lipinski definition) is 3. The summed E-state index contributed by atoms with van der Waals surface area (Å²) in [5.41, 5.74) is 1.18. The highest BCUT2D eigenvalue weighted by atomic mass is 16.5. The van der Waals surface area contributed by atoms with Gasteiger partial charge in [0.15, 0.2) is 0 Å². The van der Waals surface area contributed by atoms with Gasteiger partial charge in [0.05, 0.1) is 7.11 Å². The third-order valence-electron chi connectivity index (χ3n) is 3.26. The van der Waals surface area contributed by atoms with Crippen LogP contribution in [0, 0.1) is 0 Å². The van der Waals surface area contributed by atoms with Gasteiger partial charge in [0.25, 0.3) is 0 Å². The topological polar surface area (TPSA) is 39.1 Å². The van der Waals surface area contributed by atoms with Crippen LogP contribution in [0.3, 0.4) is 0 Å². The van der Waals surface area contributed by atoms with Crippen molar-refractivity contribution in [1.82, 2.24) is 9.78 Å². The summed E-state index contributed by atoms with van der Waals surface area (Å²) < 4.78 is 7.20. The lowest BCUT2D eigenvalue weighted by atomic mass is 10.2. The Balaban J connectivity index is 1.96. The molecule has 0 aliphatic rings. The number of benzene rings is 1. The molecule has 2 aromatic rings. The van der Waals surface area contributed by atoms with Crippen LogP contribution >= 0.6 is 0 Å². The van der Waals surface area contributed by atoms with Crippen LogP contribution in [-0.2, 0) is 6.54 Å². The quantitative estimate of drug-likeness (QED) is 0.863. The van der Waals surface area contributed by atoms with E-state index >= 15 is 0 Å². The number of nitrogens with one attached hydrogen (secondary N) is 1. The normalized spacial score (nSPS) is 12.2. The molecule has 102 valence electrons. The average Bonchev–Trinajstić information content (AvgIpc) is 2.93. The van der Waals surface area contributed by atoms with E-state index in [1.807, 2.05) is 35.1 Å². The third-order valence-corrected chi connectivity index (χ3v) is 3.26. The minimum Gasteiger partial charge on any atom is -0.497 e. The van der Waals surface area contributed by atoms with E-state index in [0.29, 0.717) is 6.04 Å². The molecule has 0 bridgehead atoms. The Morgan fingerprint density at radius 3 is 2.95 bits per heavy atom. The smallest absolute Gasteiger partial charge is 0.148 e. The lowest BCUT2D eigenvalue weighted by Gasteiger charge is -2.09. The molecule has 1 aromatic carbocycles. The van der Waals surface area contributed by atoms with E-state index in [1.165, 1.54) is 5.56 Å². The Morgan fingerprint density at radius 1 is 1.37 bits per heavy atom. The van der Waals surface area contributed by atoms with Crippen LogP contribution in [0.2, 0.25) is 0 Å². The highest BCUT2D eigenvalue weighted by Crippen LogP contribution is 2.15. The van der Waals surface area contributed by atoms with Gasteiger partial charge in [0.2, 0.25) is 0 Å². The Hall–Kier alpha value is -1.97. The van der Waals surface area contributed by atoms with Crippen LogP contribution in [0.15, 0.2) is 36.5 Å². The molecule has 1 unspecified atom stereocenters. The Bertz CT molecular complexity index is 522. The summed E-state index contributed by atoms with van der Waals surface area (Å²) in [6.07, 6.45) is 3.10. The molecule has 0 saturated carbocycles. The van der Waals surface area contributed by atoms with Crippen LogP contribution < -0.4 is 10.1 Å².